The lowest BCUT2D eigenvalue weighted by molar-refractivity contribution is 0.243. The molecule has 2 heteroatoms. The van der Waals surface area contributed by atoms with E-state index in [1.54, 1.807) is 5.56 Å². The lowest BCUT2D eigenvalue weighted by atomic mass is 9.88. The van der Waals surface area contributed by atoms with E-state index in [4.69, 9.17) is 5.73 Å². The molecule has 1 aliphatic rings. The van der Waals surface area contributed by atoms with Crippen LogP contribution in [0, 0.1) is 11.8 Å². The molecule has 1 aromatic carbocycles. The van der Waals surface area contributed by atoms with Crippen LogP contribution in [0.25, 0.3) is 0 Å². The molecule has 1 atom stereocenters. The molecule has 0 bridgehead atoms. The van der Waals surface area contributed by atoms with Crippen molar-refractivity contribution in [2.75, 3.05) is 19.6 Å². The summed E-state index contributed by atoms with van der Waals surface area (Å²) in [4.78, 5) is 2.64. The van der Waals surface area contributed by atoms with Crippen molar-refractivity contribution in [3.8, 4) is 0 Å². The van der Waals surface area contributed by atoms with Gasteiger partial charge in [0.25, 0.3) is 0 Å². The van der Waals surface area contributed by atoms with Gasteiger partial charge < -0.3 is 5.73 Å². The highest BCUT2D eigenvalue weighted by Crippen LogP contribution is 2.22. The third kappa shape index (κ3) is 5.12. The van der Waals surface area contributed by atoms with E-state index in [0.717, 1.165) is 24.9 Å². The number of nitrogens with two attached hydrogens (primary N) is 1. The molecule has 118 valence electrons. The van der Waals surface area contributed by atoms with Crippen molar-refractivity contribution in [2.24, 2.45) is 17.6 Å². The van der Waals surface area contributed by atoms with Crippen molar-refractivity contribution in [2.45, 2.75) is 52.5 Å². The molecular weight excluding hydrogens is 256 g/mol. The summed E-state index contributed by atoms with van der Waals surface area (Å²) in [7, 11) is 0. The van der Waals surface area contributed by atoms with Crippen molar-refractivity contribution in [3.05, 3.63) is 35.4 Å². The van der Waals surface area contributed by atoms with Crippen molar-refractivity contribution < 1.29 is 0 Å². The predicted octanol–water partition coefficient (Wildman–Crippen LogP) is 3.84. The van der Waals surface area contributed by atoms with Crippen LogP contribution in [0.3, 0.4) is 0 Å². The quantitative estimate of drug-likeness (QED) is 0.826. The van der Waals surface area contributed by atoms with Gasteiger partial charge in [0.1, 0.15) is 0 Å². The van der Waals surface area contributed by atoms with Crippen molar-refractivity contribution in [3.63, 3.8) is 0 Å². The highest BCUT2D eigenvalue weighted by atomic mass is 15.1. The smallest absolute Gasteiger partial charge is 0.0236 e. The first kappa shape index (κ1) is 16.5. The van der Waals surface area contributed by atoms with Crippen LogP contribution in [0.2, 0.25) is 0 Å². The topological polar surface area (TPSA) is 29.3 Å². The predicted molar refractivity (Wildman–Crippen MR) is 91.3 cm³/mol. The fraction of sp³-hybridized carbons (Fsp3) is 0.684. The zero-order valence-corrected chi connectivity index (χ0v) is 13.9. The molecule has 1 aliphatic heterocycles. The van der Waals surface area contributed by atoms with Gasteiger partial charge in [0.05, 0.1) is 0 Å². The van der Waals surface area contributed by atoms with Crippen LogP contribution in [-0.4, -0.2) is 24.5 Å². The molecule has 2 nitrogen and oxygen atoms in total. The average Bonchev–Trinajstić information content (AvgIpc) is 2.68. The third-order valence-corrected chi connectivity index (χ3v) is 4.96. The largest absolute Gasteiger partial charge is 0.330 e. The maximum atomic E-state index is 5.75. The highest BCUT2D eigenvalue weighted by molar-refractivity contribution is 5.27. The van der Waals surface area contributed by atoms with E-state index in [1.807, 2.05) is 0 Å². The van der Waals surface area contributed by atoms with Crippen LogP contribution >= 0.6 is 0 Å². The Morgan fingerprint density at radius 2 is 1.90 bits per heavy atom. The Balaban J connectivity index is 1.81. The number of rotatable bonds is 7. The van der Waals surface area contributed by atoms with Gasteiger partial charge in [-0.05, 0) is 74.7 Å². The minimum Gasteiger partial charge on any atom is -0.330 e. The maximum absolute atomic E-state index is 5.75. The molecule has 0 saturated heterocycles. The molecule has 0 amide bonds. The molecule has 2 N–H and O–H groups in total. The van der Waals surface area contributed by atoms with Gasteiger partial charge in [0, 0.05) is 6.54 Å². The Bertz CT molecular complexity index is 414. The molecule has 0 aliphatic carbocycles. The van der Waals surface area contributed by atoms with Crippen molar-refractivity contribution >= 4 is 0 Å². The molecule has 1 heterocycles. The number of nitrogens with zero attached hydrogens (tertiary/aromatic N) is 1. The molecule has 1 aromatic rings. The molecule has 0 fully saturated rings. The number of hydrogen-bond donors (Lipinski definition) is 1. The van der Waals surface area contributed by atoms with Crippen LogP contribution in [0.4, 0.5) is 0 Å². The monoisotopic (exact) mass is 288 g/mol. The van der Waals surface area contributed by atoms with Crippen LogP contribution in [0.15, 0.2) is 24.3 Å². The number of fused-ring (bicyclic) bond motifs is 1. The summed E-state index contributed by atoms with van der Waals surface area (Å²) in [6.07, 6.45) is 6.36. The third-order valence-electron chi connectivity index (χ3n) is 4.96. The first-order valence-electron chi connectivity index (χ1n) is 8.70. The van der Waals surface area contributed by atoms with Crippen molar-refractivity contribution in [1.82, 2.24) is 4.90 Å². The van der Waals surface area contributed by atoms with E-state index in [1.165, 1.54) is 50.8 Å². The number of benzene rings is 1. The summed E-state index contributed by atoms with van der Waals surface area (Å²) in [5.74, 6) is 1.56. The van der Waals surface area contributed by atoms with Gasteiger partial charge in [-0.15, -0.1) is 0 Å². The Morgan fingerprint density at radius 3 is 2.62 bits per heavy atom. The van der Waals surface area contributed by atoms with Gasteiger partial charge in [-0.1, -0.05) is 38.1 Å². The summed E-state index contributed by atoms with van der Waals surface area (Å²) in [5, 5.41) is 0. The molecule has 0 aromatic heterocycles. The second kappa shape index (κ2) is 8.55. The molecule has 2 rings (SSSR count). The summed E-state index contributed by atoms with van der Waals surface area (Å²) in [6.45, 7) is 9.13. The maximum Gasteiger partial charge on any atom is 0.0236 e. The fourth-order valence-corrected chi connectivity index (χ4v) is 3.56. The fourth-order valence-electron chi connectivity index (χ4n) is 3.56. The first-order chi connectivity index (χ1) is 10.2. The highest BCUT2D eigenvalue weighted by Gasteiger charge is 2.16. The summed E-state index contributed by atoms with van der Waals surface area (Å²) in [5.41, 5.74) is 8.84. The minimum absolute atomic E-state index is 0.762. The van der Waals surface area contributed by atoms with Gasteiger partial charge in [-0.25, -0.2) is 0 Å². The van der Waals surface area contributed by atoms with E-state index in [2.05, 4.69) is 43.0 Å². The molecule has 0 radical (unpaired) electrons. The van der Waals surface area contributed by atoms with Gasteiger partial charge in [0.2, 0.25) is 0 Å². The average molecular weight is 288 g/mol. The molecule has 0 saturated carbocycles. The normalized spacial score (nSPS) is 17.5. The lowest BCUT2D eigenvalue weighted by Crippen LogP contribution is -2.25. The number of aryl methyl sites for hydroxylation is 1. The Hall–Kier alpha value is -0.860. The van der Waals surface area contributed by atoms with Crippen LogP contribution in [-0.2, 0) is 13.0 Å². The van der Waals surface area contributed by atoms with Crippen LogP contribution < -0.4 is 5.73 Å². The minimum atomic E-state index is 0.762. The van der Waals surface area contributed by atoms with E-state index >= 15 is 0 Å². The second-order valence-electron chi connectivity index (χ2n) is 6.87. The van der Waals surface area contributed by atoms with Crippen LogP contribution in [0.1, 0.15) is 50.7 Å². The zero-order valence-electron chi connectivity index (χ0n) is 13.9. The van der Waals surface area contributed by atoms with E-state index in [9.17, 15) is 0 Å². The summed E-state index contributed by atoms with van der Waals surface area (Å²) < 4.78 is 0. The summed E-state index contributed by atoms with van der Waals surface area (Å²) >= 11 is 0. The molecule has 0 spiro atoms. The Labute approximate surface area is 130 Å². The van der Waals surface area contributed by atoms with Gasteiger partial charge >= 0.3 is 0 Å². The van der Waals surface area contributed by atoms with Crippen molar-refractivity contribution in [1.29, 1.82) is 0 Å². The van der Waals surface area contributed by atoms with Gasteiger partial charge in [-0.2, -0.15) is 0 Å². The van der Waals surface area contributed by atoms with Gasteiger partial charge in [-0.3, -0.25) is 4.90 Å². The standard InChI is InChI=1S/C19H32N2/c1-16(2)17(11-12-20)9-5-13-21-14-6-10-18-7-3-4-8-19(18)15-21/h3-4,7-8,16-17H,5-6,9-15,20H2,1-2H3. The molecular formula is C19H32N2. The molecule has 21 heavy (non-hydrogen) atoms. The zero-order chi connectivity index (χ0) is 15.1. The number of hydrogen-bond acceptors (Lipinski definition) is 2. The lowest BCUT2D eigenvalue weighted by Gasteiger charge is -2.24. The van der Waals surface area contributed by atoms with E-state index in [0.29, 0.717) is 0 Å². The first-order valence-corrected chi connectivity index (χ1v) is 8.70. The van der Waals surface area contributed by atoms with E-state index in [-0.39, 0.29) is 0 Å². The van der Waals surface area contributed by atoms with E-state index < -0.39 is 0 Å². The SMILES string of the molecule is CC(C)C(CCN)CCCN1CCCc2ccccc2C1. The molecule has 1 unspecified atom stereocenters. The van der Waals surface area contributed by atoms with Gasteiger partial charge in [0.15, 0.2) is 0 Å². The Kier molecular flexibility index (Phi) is 6.72. The second-order valence-corrected chi connectivity index (χ2v) is 6.87. The van der Waals surface area contributed by atoms with Crippen LogP contribution in [0.5, 0.6) is 0 Å². The Morgan fingerprint density at radius 1 is 1.14 bits per heavy atom. The summed E-state index contributed by atoms with van der Waals surface area (Å²) in [6, 6.07) is 8.96.